The first-order chi connectivity index (χ1) is 16.7. The van der Waals surface area contributed by atoms with Crippen LogP contribution in [0.1, 0.15) is 36.8 Å². The van der Waals surface area contributed by atoms with Gasteiger partial charge in [-0.25, -0.2) is 0 Å². The summed E-state index contributed by atoms with van der Waals surface area (Å²) in [6.07, 6.45) is 1.36. The molecular formula is C25H28F3N5OS. The van der Waals surface area contributed by atoms with Gasteiger partial charge in [0.1, 0.15) is 0 Å². The molecule has 0 bridgehead atoms. The molecule has 35 heavy (non-hydrogen) atoms. The molecule has 1 aromatic carbocycles. The van der Waals surface area contributed by atoms with Crippen LogP contribution in [0.3, 0.4) is 0 Å². The Bertz CT molecular complexity index is 1280. The van der Waals surface area contributed by atoms with E-state index in [0.29, 0.717) is 5.82 Å². The van der Waals surface area contributed by atoms with Crippen molar-refractivity contribution in [3.63, 3.8) is 0 Å². The Kier molecular flexibility index (Phi) is 6.07. The van der Waals surface area contributed by atoms with Crippen molar-refractivity contribution in [3.05, 3.63) is 64.1 Å². The van der Waals surface area contributed by atoms with Crippen LogP contribution < -0.4 is 10.9 Å². The second kappa shape index (κ2) is 8.81. The smallest absolute Gasteiger partial charge is 0.318 e. The zero-order valence-electron chi connectivity index (χ0n) is 19.7. The van der Waals surface area contributed by atoms with E-state index in [0.717, 1.165) is 60.8 Å². The SMILES string of the molecule is Cn1c(SCCC[C@]2(c3ccc(C(F)(F)F)cc3)C[C@]23CCNC3)nnc1-c1ccc(=O)n(C)c1. The molecule has 1 spiro atoms. The molecule has 6 nitrogen and oxygen atoms in total. The first-order valence-corrected chi connectivity index (χ1v) is 12.7. The van der Waals surface area contributed by atoms with Crippen molar-refractivity contribution in [2.45, 2.75) is 42.4 Å². The number of aromatic nitrogens is 4. The molecule has 0 unspecified atom stereocenters. The van der Waals surface area contributed by atoms with E-state index >= 15 is 0 Å². The highest BCUT2D eigenvalue weighted by molar-refractivity contribution is 7.99. The number of nitrogens with zero attached hydrogens (tertiary/aromatic N) is 4. The standard InChI is InChI=1S/C25H28F3N5OS/c1-32-14-17(4-9-20(32)34)21-30-31-22(33(21)2)35-13-3-10-24(15-23(24)11-12-29-16-23)18-5-7-19(8-6-18)25(26,27)28/h4-9,14,29H,3,10-13,15-16H2,1-2H3/t23-,24+/m0/s1. The fraction of sp³-hybridized carbons (Fsp3) is 0.480. The minimum Gasteiger partial charge on any atom is -0.318 e. The van der Waals surface area contributed by atoms with Gasteiger partial charge in [0.25, 0.3) is 0 Å². The number of benzene rings is 1. The molecule has 1 saturated heterocycles. The highest BCUT2D eigenvalue weighted by Crippen LogP contribution is 2.69. The molecular weight excluding hydrogens is 475 g/mol. The van der Waals surface area contributed by atoms with Gasteiger partial charge in [-0.15, -0.1) is 10.2 Å². The number of thioether (sulfide) groups is 1. The van der Waals surface area contributed by atoms with E-state index in [9.17, 15) is 18.0 Å². The Morgan fingerprint density at radius 3 is 2.54 bits per heavy atom. The molecule has 2 aliphatic rings. The molecule has 0 amide bonds. The summed E-state index contributed by atoms with van der Waals surface area (Å²) in [5, 5.41) is 12.9. The minimum atomic E-state index is -4.32. The lowest BCUT2D eigenvalue weighted by molar-refractivity contribution is -0.137. The largest absolute Gasteiger partial charge is 0.416 e. The number of aryl methyl sites for hydroxylation is 1. The lowest BCUT2D eigenvalue weighted by atomic mass is 9.81. The van der Waals surface area contributed by atoms with Gasteiger partial charge in [0.15, 0.2) is 11.0 Å². The molecule has 10 heteroatoms. The van der Waals surface area contributed by atoms with E-state index in [4.69, 9.17) is 0 Å². The van der Waals surface area contributed by atoms with Gasteiger partial charge >= 0.3 is 6.18 Å². The summed E-state index contributed by atoms with van der Waals surface area (Å²) in [7, 11) is 3.61. The third-order valence-electron chi connectivity index (χ3n) is 7.70. The van der Waals surface area contributed by atoms with E-state index < -0.39 is 11.7 Å². The van der Waals surface area contributed by atoms with Gasteiger partial charge in [-0.05, 0) is 61.4 Å². The van der Waals surface area contributed by atoms with Gasteiger partial charge in [-0.1, -0.05) is 23.9 Å². The molecule has 186 valence electrons. The molecule has 1 saturated carbocycles. The first kappa shape index (κ1) is 24.1. The highest BCUT2D eigenvalue weighted by atomic mass is 32.2. The fourth-order valence-corrected chi connectivity index (χ4v) is 6.53. The molecule has 2 atom stereocenters. The maximum absolute atomic E-state index is 13.1. The van der Waals surface area contributed by atoms with Crippen LogP contribution in [0, 0.1) is 5.41 Å². The summed E-state index contributed by atoms with van der Waals surface area (Å²) in [6.45, 7) is 1.89. The average molecular weight is 504 g/mol. The first-order valence-electron chi connectivity index (χ1n) is 11.7. The van der Waals surface area contributed by atoms with E-state index in [1.54, 1.807) is 43.2 Å². The second-order valence-corrected chi connectivity index (χ2v) is 10.8. The molecule has 1 aliphatic heterocycles. The van der Waals surface area contributed by atoms with Gasteiger partial charge in [0.2, 0.25) is 5.56 Å². The number of rotatable bonds is 7. The fourth-order valence-electron chi connectivity index (χ4n) is 5.68. The zero-order valence-corrected chi connectivity index (χ0v) is 20.5. The summed E-state index contributed by atoms with van der Waals surface area (Å²) in [6, 6.07) is 9.08. The van der Waals surface area contributed by atoms with Crippen LogP contribution in [-0.4, -0.2) is 38.2 Å². The number of halogens is 3. The lowest BCUT2D eigenvalue weighted by Crippen LogP contribution is -2.22. The molecule has 2 aromatic heterocycles. The number of hydrogen-bond donors (Lipinski definition) is 1. The normalized spacial score (nSPS) is 23.8. The quantitative estimate of drug-likeness (QED) is 0.383. The van der Waals surface area contributed by atoms with Crippen LogP contribution in [0.15, 0.2) is 52.5 Å². The predicted molar refractivity (Wildman–Crippen MR) is 129 cm³/mol. The number of nitrogens with one attached hydrogen (secondary N) is 1. The van der Waals surface area contributed by atoms with E-state index in [-0.39, 0.29) is 16.4 Å². The molecule has 0 radical (unpaired) electrons. The van der Waals surface area contributed by atoms with Crippen LogP contribution in [0.4, 0.5) is 13.2 Å². The molecule has 3 heterocycles. The monoisotopic (exact) mass is 503 g/mol. The van der Waals surface area contributed by atoms with E-state index in [1.165, 1.54) is 22.8 Å². The maximum Gasteiger partial charge on any atom is 0.416 e. The molecule has 2 fully saturated rings. The third kappa shape index (κ3) is 4.31. The van der Waals surface area contributed by atoms with Crippen molar-refractivity contribution in [2.24, 2.45) is 19.5 Å². The van der Waals surface area contributed by atoms with Gasteiger partial charge in [0.05, 0.1) is 5.56 Å². The Hall–Kier alpha value is -2.59. The van der Waals surface area contributed by atoms with Crippen molar-refractivity contribution in [3.8, 4) is 11.4 Å². The van der Waals surface area contributed by atoms with E-state index in [2.05, 4.69) is 15.5 Å². The molecule has 5 rings (SSSR count). The van der Waals surface area contributed by atoms with Crippen LogP contribution in [-0.2, 0) is 25.7 Å². The van der Waals surface area contributed by atoms with Gasteiger partial charge in [0, 0.05) is 49.6 Å². The Labute approximate surface area is 206 Å². The van der Waals surface area contributed by atoms with Crippen molar-refractivity contribution >= 4 is 11.8 Å². The number of pyridine rings is 1. The summed E-state index contributed by atoms with van der Waals surface area (Å²) in [5.41, 5.74) is 1.25. The van der Waals surface area contributed by atoms with Crippen LogP contribution >= 0.6 is 11.8 Å². The highest BCUT2D eigenvalue weighted by Gasteiger charge is 2.67. The topological polar surface area (TPSA) is 64.7 Å². The Balaban J connectivity index is 1.26. The van der Waals surface area contributed by atoms with Crippen molar-refractivity contribution in [1.29, 1.82) is 0 Å². The van der Waals surface area contributed by atoms with Gasteiger partial charge < -0.3 is 14.5 Å². The number of hydrogen-bond acceptors (Lipinski definition) is 5. The van der Waals surface area contributed by atoms with Crippen LogP contribution in [0.2, 0.25) is 0 Å². The Morgan fingerprint density at radius 1 is 1.11 bits per heavy atom. The average Bonchev–Trinajstić information content (AvgIpc) is 3.08. The molecule has 1 aliphatic carbocycles. The zero-order chi connectivity index (χ0) is 24.8. The lowest BCUT2D eigenvalue weighted by Gasteiger charge is -2.23. The minimum absolute atomic E-state index is 0.0684. The predicted octanol–water partition coefficient (Wildman–Crippen LogP) is 4.39. The third-order valence-corrected chi connectivity index (χ3v) is 8.80. The maximum atomic E-state index is 13.1. The van der Waals surface area contributed by atoms with Crippen molar-refractivity contribution < 1.29 is 13.2 Å². The van der Waals surface area contributed by atoms with Crippen molar-refractivity contribution in [1.82, 2.24) is 24.6 Å². The van der Waals surface area contributed by atoms with Crippen molar-refractivity contribution in [2.75, 3.05) is 18.8 Å². The van der Waals surface area contributed by atoms with Crippen LogP contribution in [0.25, 0.3) is 11.4 Å². The van der Waals surface area contributed by atoms with E-state index in [1.807, 2.05) is 11.6 Å². The summed E-state index contributed by atoms with van der Waals surface area (Å²) in [5.74, 6) is 1.54. The molecule has 3 aromatic rings. The van der Waals surface area contributed by atoms with Gasteiger partial charge in [-0.2, -0.15) is 13.2 Å². The molecule has 1 N–H and O–H groups in total. The summed E-state index contributed by atoms with van der Waals surface area (Å²) >= 11 is 1.63. The van der Waals surface area contributed by atoms with Gasteiger partial charge in [-0.3, -0.25) is 4.79 Å². The number of alkyl halides is 3. The second-order valence-electron chi connectivity index (χ2n) is 9.73. The Morgan fingerprint density at radius 2 is 1.89 bits per heavy atom. The summed E-state index contributed by atoms with van der Waals surface area (Å²) in [4.78, 5) is 11.7. The van der Waals surface area contributed by atoms with Crippen LogP contribution in [0.5, 0.6) is 0 Å². The summed E-state index contributed by atoms with van der Waals surface area (Å²) < 4.78 is 42.7.